The molecular formula is C14H13NO2S2. The average molecular weight is 291 g/mol. The number of aromatic nitrogens is 1. The second-order valence-electron chi connectivity index (χ2n) is 4.30. The molecule has 0 fully saturated rings. The lowest BCUT2D eigenvalue weighted by atomic mass is 10.1. The zero-order valence-electron chi connectivity index (χ0n) is 10.5. The third-order valence-electron chi connectivity index (χ3n) is 3.06. The van der Waals surface area contributed by atoms with Crippen LogP contribution in [0.4, 0.5) is 0 Å². The van der Waals surface area contributed by atoms with Gasteiger partial charge in [-0.25, -0.2) is 0 Å². The van der Waals surface area contributed by atoms with Crippen LogP contribution >= 0.6 is 23.1 Å². The summed E-state index contributed by atoms with van der Waals surface area (Å²) in [6.45, 7) is 0. The Morgan fingerprint density at radius 1 is 1.37 bits per heavy atom. The lowest BCUT2D eigenvalue weighted by Gasteiger charge is -2.08. The van der Waals surface area contributed by atoms with Gasteiger partial charge in [-0.3, -0.25) is 9.78 Å². The number of fused-ring (bicyclic) bond motifs is 1. The van der Waals surface area contributed by atoms with Gasteiger partial charge in [0.1, 0.15) is 5.75 Å². The fraction of sp³-hybridized carbons (Fsp3) is 0.286. The largest absolute Gasteiger partial charge is 0.495 e. The molecule has 0 N–H and O–H groups in total. The summed E-state index contributed by atoms with van der Waals surface area (Å²) in [6, 6.07) is 3.77. The molecule has 0 aromatic carbocycles. The topological polar surface area (TPSA) is 39.2 Å². The molecule has 0 unspecified atom stereocenters. The van der Waals surface area contributed by atoms with E-state index in [-0.39, 0.29) is 5.78 Å². The highest BCUT2D eigenvalue weighted by Gasteiger charge is 2.19. The molecule has 3 heterocycles. The Labute approximate surface area is 120 Å². The van der Waals surface area contributed by atoms with Gasteiger partial charge in [-0.1, -0.05) is 0 Å². The number of nitrogens with zero attached hydrogens (tertiary/aromatic N) is 1. The maximum Gasteiger partial charge on any atom is 0.204 e. The molecule has 19 heavy (non-hydrogen) atoms. The Morgan fingerprint density at radius 2 is 2.26 bits per heavy atom. The molecule has 2 aromatic rings. The van der Waals surface area contributed by atoms with Gasteiger partial charge in [0.25, 0.3) is 0 Å². The smallest absolute Gasteiger partial charge is 0.204 e. The van der Waals surface area contributed by atoms with Crippen molar-refractivity contribution in [3.05, 3.63) is 45.4 Å². The van der Waals surface area contributed by atoms with E-state index >= 15 is 0 Å². The van der Waals surface area contributed by atoms with E-state index in [9.17, 15) is 4.79 Å². The van der Waals surface area contributed by atoms with Gasteiger partial charge >= 0.3 is 0 Å². The molecule has 0 amide bonds. The second-order valence-corrected chi connectivity index (χ2v) is 6.55. The van der Waals surface area contributed by atoms with Crippen LogP contribution in [-0.2, 0) is 12.2 Å². The van der Waals surface area contributed by atoms with Gasteiger partial charge in [0.05, 0.1) is 18.2 Å². The van der Waals surface area contributed by atoms with Gasteiger partial charge in [0.2, 0.25) is 5.78 Å². The highest BCUT2D eigenvalue weighted by atomic mass is 32.2. The highest BCUT2D eigenvalue weighted by Crippen LogP contribution is 2.32. The van der Waals surface area contributed by atoms with Crippen LogP contribution in [0.2, 0.25) is 0 Å². The van der Waals surface area contributed by atoms with Crippen molar-refractivity contribution in [3.8, 4) is 5.75 Å². The van der Waals surface area contributed by atoms with Crippen LogP contribution < -0.4 is 4.74 Å². The summed E-state index contributed by atoms with van der Waals surface area (Å²) >= 11 is 3.55. The fourth-order valence-electron chi connectivity index (χ4n) is 2.06. The minimum atomic E-state index is 0.0378. The van der Waals surface area contributed by atoms with E-state index in [0.717, 1.165) is 22.8 Å². The zero-order valence-corrected chi connectivity index (χ0v) is 12.1. The first kappa shape index (κ1) is 12.7. The lowest BCUT2D eigenvalue weighted by molar-refractivity contribution is 0.104. The van der Waals surface area contributed by atoms with Crippen LogP contribution in [0.15, 0.2) is 24.5 Å². The van der Waals surface area contributed by atoms with E-state index in [4.69, 9.17) is 4.74 Å². The van der Waals surface area contributed by atoms with Gasteiger partial charge in [0.15, 0.2) is 0 Å². The molecule has 2 aromatic heterocycles. The quantitative estimate of drug-likeness (QED) is 0.814. The van der Waals surface area contributed by atoms with Crippen molar-refractivity contribution in [2.75, 3.05) is 12.9 Å². The van der Waals surface area contributed by atoms with Crippen LogP contribution in [0.3, 0.4) is 0 Å². The van der Waals surface area contributed by atoms with Crippen molar-refractivity contribution >= 4 is 28.9 Å². The molecule has 1 aliphatic rings. The maximum atomic E-state index is 12.4. The summed E-state index contributed by atoms with van der Waals surface area (Å²) in [5.41, 5.74) is 1.91. The van der Waals surface area contributed by atoms with Crippen molar-refractivity contribution in [1.82, 2.24) is 4.98 Å². The Hall–Kier alpha value is -1.33. The van der Waals surface area contributed by atoms with Crippen molar-refractivity contribution in [2.24, 2.45) is 0 Å². The summed E-state index contributed by atoms with van der Waals surface area (Å²) in [6.07, 6.45) is 4.28. The van der Waals surface area contributed by atoms with E-state index in [0.29, 0.717) is 11.3 Å². The van der Waals surface area contributed by atoms with Crippen LogP contribution in [0.1, 0.15) is 25.7 Å². The number of ketones is 1. The Balaban J connectivity index is 1.92. The molecule has 3 nitrogen and oxygen atoms in total. The monoisotopic (exact) mass is 291 g/mol. The summed E-state index contributed by atoms with van der Waals surface area (Å²) in [4.78, 5) is 18.6. The third-order valence-corrected chi connectivity index (χ3v) is 5.31. The predicted molar refractivity (Wildman–Crippen MR) is 78.4 cm³/mol. The van der Waals surface area contributed by atoms with Crippen LogP contribution in [0.25, 0.3) is 0 Å². The van der Waals surface area contributed by atoms with Gasteiger partial charge < -0.3 is 4.74 Å². The molecule has 0 saturated heterocycles. The van der Waals surface area contributed by atoms with E-state index in [2.05, 4.69) is 4.98 Å². The number of hydrogen-bond acceptors (Lipinski definition) is 5. The first-order valence-corrected chi connectivity index (χ1v) is 7.98. The maximum absolute atomic E-state index is 12.4. The molecule has 0 bridgehead atoms. The standard InChI is InChI=1S/C14H13NO2S2/c1-17-11-4-9(6-15-7-11)14(16)13-5-10-8-18-3-2-12(10)19-13/h4-7H,2-3,8H2,1H3. The molecule has 0 radical (unpaired) electrons. The summed E-state index contributed by atoms with van der Waals surface area (Å²) < 4.78 is 5.11. The second kappa shape index (κ2) is 5.35. The van der Waals surface area contributed by atoms with Crippen LogP contribution in [0, 0.1) is 0 Å². The van der Waals surface area contributed by atoms with E-state index < -0.39 is 0 Å². The van der Waals surface area contributed by atoms with E-state index in [1.807, 2.05) is 17.8 Å². The first-order valence-electron chi connectivity index (χ1n) is 6.01. The Morgan fingerprint density at radius 3 is 3.05 bits per heavy atom. The van der Waals surface area contributed by atoms with Crippen molar-refractivity contribution < 1.29 is 9.53 Å². The molecule has 1 aliphatic heterocycles. The van der Waals surface area contributed by atoms with E-state index in [1.54, 1.807) is 36.9 Å². The highest BCUT2D eigenvalue weighted by molar-refractivity contribution is 7.98. The number of aryl methyl sites for hydroxylation is 1. The minimum absolute atomic E-state index is 0.0378. The van der Waals surface area contributed by atoms with E-state index in [1.165, 1.54) is 10.4 Å². The molecule has 0 atom stereocenters. The molecule has 0 spiro atoms. The van der Waals surface area contributed by atoms with Crippen molar-refractivity contribution in [2.45, 2.75) is 12.2 Å². The van der Waals surface area contributed by atoms with Gasteiger partial charge in [-0.2, -0.15) is 11.8 Å². The fourth-order valence-corrected chi connectivity index (χ4v) is 4.39. The molecule has 0 saturated carbocycles. The Kier molecular flexibility index (Phi) is 3.57. The van der Waals surface area contributed by atoms with Gasteiger partial charge in [0, 0.05) is 22.4 Å². The SMILES string of the molecule is COc1cncc(C(=O)c2cc3c(s2)CCSC3)c1. The number of hydrogen-bond donors (Lipinski definition) is 0. The number of thiophene rings is 1. The zero-order chi connectivity index (χ0) is 13.2. The number of rotatable bonds is 3. The lowest BCUT2D eigenvalue weighted by Crippen LogP contribution is -2.00. The number of thioether (sulfide) groups is 1. The minimum Gasteiger partial charge on any atom is -0.495 e. The number of methoxy groups -OCH3 is 1. The normalized spacial score (nSPS) is 13.9. The first-order chi connectivity index (χ1) is 9.28. The summed E-state index contributed by atoms with van der Waals surface area (Å²) in [5, 5.41) is 0. The number of ether oxygens (including phenoxy) is 1. The van der Waals surface area contributed by atoms with Crippen molar-refractivity contribution in [3.63, 3.8) is 0 Å². The molecule has 5 heteroatoms. The Bertz CT molecular complexity index is 598. The van der Waals surface area contributed by atoms with Crippen molar-refractivity contribution in [1.29, 1.82) is 0 Å². The molecular weight excluding hydrogens is 278 g/mol. The number of pyridine rings is 1. The predicted octanol–water partition coefficient (Wildman–Crippen LogP) is 3.17. The van der Waals surface area contributed by atoms with Crippen LogP contribution in [0.5, 0.6) is 5.75 Å². The summed E-state index contributed by atoms with van der Waals surface area (Å²) in [7, 11) is 1.58. The van der Waals surface area contributed by atoms with Gasteiger partial charge in [-0.15, -0.1) is 11.3 Å². The molecule has 0 aliphatic carbocycles. The molecule has 98 valence electrons. The number of carbonyl (C=O) groups excluding carboxylic acids is 1. The number of carbonyl (C=O) groups is 1. The average Bonchev–Trinajstić information content (AvgIpc) is 2.90. The third kappa shape index (κ3) is 2.53. The van der Waals surface area contributed by atoms with Gasteiger partial charge in [-0.05, 0) is 29.9 Å². The summed E-state index contributed by atoms with van der Waals surface area (Å²) in [5.74, 6) is 2.83. The molecule has 3 rings (SSSR count). The van der Waals surface area contributed by atoms with Crippen LogP contribution in [-0.4, -0.2) is 23.6 Å².